The van der Waals surface area contributed by atoms with E-state index >= 15 is 0 Å². The summed E-state index contributed by atoms with van der Waals surface area (Å²) in [6, 6.07) is 13.7. The van der Waals surface area contributed by atoms with E-state index in [1.54, 1.807) is 0 Å². The molecule has 1 aromatic heterocycles. The molecule has 5 rings (SSSR count). The number of hydrogen-bond donors (Lipinski definition) is 1. The van der Waals surface area contributed by atoms with E-state index in [-0.39, 0.29) is 17.0 Å². The molecule has 0 saturated heterocycles. The summed E-state index contributed by atoms with van der Waals surface area (Å²) < 4.78 is 4.04. The summed E-state index contributed by atoms with van der Waals surface area (Å²) in [6.45, 7) is 4.21. The maximum Gasteiger partial charge on any atom is 0.209 e. The fourth-order valence-electron chi connectivity index (χ4n) is 4.75. The predicted molar refractivity (Wildman–Crippen MR) is 121 cm³/mol. The molecule has 0 spiro atoms. The smallest absolute Gasteiger partial charge is 0.209 e. The molecule has 0 saturated carbocycles. The zero-order chi connectivity index (χ0) is 21.4. The Balaban J connectivity index is 1.63. The fourth-order valence-corrected chi connectivity index (χ4v) is 4.92. The number of aliphatic hydroxyl groups excluding tert-OH is 1. The Kier molecular flexibility index (Phi) is 3.90. The van der Waals surface area contributed by atoms with Crippen LogP contribution in [0.1, 0.15) is 25.0 Å². The van der Waals surface area contributed by atoms with Crippen molar-refractivity contribution in [3.05, 3.63) is 82.2 Å². The summed E-state index contributed by atoms with van der Waals surface area (Å²) in [6.07, 6.45) is 3.72. The van der Waals surface area contributed by atoms with Crippen molar-refractivity contribution in [3.63, 3.8) is 0 Å². The van der Waals surface area contributed by atoms with Crippen LogP contribution in [0.3, 0.4) is 0 Å². The number of allylic oxidation sites excluding steroid dienone is 3. The van der Waals surface area contributed by atoms with Crippen LogP contribution >= 0.6 is 11.6 Å². The van der Waals surface area contributed by atoms with E-state index in [9.17, 15) is 9.90 Å². The van der Waals surface area contributed by atoms with Gasteiger partial charge < -0.3 is 9.67 Å². The maximum atomic E-state index is 13.1. The molecule has 0 unspecified atom stereocenters. The molecule has 2 aromatic carbocycles. The SMILES string of the molecule is Cn1cc(C2=C(O)C(=CC3=[N+](C)c4ccc(Cl)cc4C3(C)C)C2=O)c2ccccc21. The first kappa shape index (κ1) is 18.9. The van der Waals surface area contributed by atoms with Crippen molar-refractivity contribution in [1.29, 1.82) is 0 Å². The van der Waals surface area contributed by atoms with Gasteiger partial charge in [-0.15, -0.1) is 0 Å². The molecule has 0 atom stereocenters. The first-order chi connectivity index (χ1) is 14.2. The lowest BCUT2D eigenvalue weighted by Crippen LogP contribution is -2.30. The van der Waals surface area contributed by atoms with E-state index in [2.05, 4.69) is 18.4 Å². The Hall–Kier alpha value is -3.11. The number of carbonyl (C=O) groups is 1. The molecule has 0 radical (unpaired) electrons. The van der Waals surface area contributed by atoms with Crippen LogP contribution < -0.4 is 0 Å². The number of halogens is 1. The number of hydrogen-bond acceptors (Lipinski definition) is 2. The molecule has 0 amide bonds. The zero-order valence-electron chi connectivity index (χ0n) is 17.3. The number of rotatable bonds is 2. The number of para-hydroxylation sites is 1. The molecule has 0 bridgehead atoms. The van der Waals surface area contributed by atoms with Crippen molar-refractivity contribution in [3.8, 4) is 0 Å². The summed E-state index contributed by atoms with van der Waals surface area (Å²) >= 11 is 6.23. The third-order valence-corrected chi connectivity index (χ3v) is 6.64. The van der Waals surface area contributed by atoms with Crippen LogP contribution in [0.2, 0.25) is 5.02 Å². The number of fused-ring (bicyclic) bond motifs is 2. The van der Waals surface area contributed by atoms with Gasteiger partial charge in [0, 0.05) is 52.4 Å². The molecule has 3 aromatic rings. The topological polar surface area (TPSA) is 45.2 Å². The first-order valence-electron chi connectivity index (χ1n) is 9.87. The number of nitrogens with zero attached hydrogens (tertiary/aromatic N) is 2. The highest BCUT2D eigenvalue weighted by Gasteiger charge is 2.45. The molecule has 30 heavy (non-hydrogen) atoms. The molecule has 150 valence electrons. The highest BCUT2D eigenvalue weighted by atomic mass is 35.5. The number of aliphatic hydroxyl groups is 1. The van der Waals surface area contributed by atoms with Gasteiger partial charge in [-0.1, -0.05) is 29.8 Å². The van der Waals surface area contributed by atoms with Crippen LogP contribution in [0.5, 0.6) is 0 Å². The fraction of sp³-hybridized carbons (Fsp3) is 0.200. The molecule has 5 heteroatoms. The summed E-state index contributed by atoms with van der Waals surface area (Å²) in [5, 5.41) is 12.5. The van der Waals surface area contributed by atoms with Gasteiger partial charge in [0.2, 0.25) is 11.5 Å². The molecule has 2 aliphatic rings. The second kappa shape index (κ2) is 6.19. The number of Topliss-reactive ketones (excluding diaryl/α,β-unsaturated/α-hetero) is 1. The highest BCUT2D eigenvalue weighted by Crippen LogP contribution is 2.44. The summed E-state index contributed by atoms with van der Waals surface area (Å²) in [4.78, 5) is 13.1. The Morgan fingerprint density at radius 2 is 1.90 bits per heavy atom. The number of carbonyl (C=O) groups excluding carboxylic acids is 1. The van der Waals surface area contributed by atoms with Crippen LogP contribution in [0.4, 0.5) is 5.69 Å². The standard InChI is InChI=1S/C25H21ClN2O2/c1-25(2)18-11-14(26)9-10-20(18)28(4)21(25)12-16-23(29)22(24(16)30)17-13-27(3)19-8-6-5-7-15(17)19/h5-13H,1-4H3/p+1. The van der Waals surface area contributed by atoms with Crippen LogP contribution in [0.25, 0.3) is 16.5 Å². The monoisotopic (exact) mass is 417 g/mol. The van der Waals surface area contributed by atoms with E-state index in [1.807, 2.05) is 73.4 Å². The van der Waals surface area contributed by atoms with Gasteiger partial charge in [-0.05, 0) is 32.0 Å². The Morgan fingerprint density at radius 3 is 2.63 bits per heavy atom. The number of benzene rings is 2. The molecule has 0 fully saturated rings. The number of ketones is 1. The van der Waals surface area contributed by atoms with Crippen molar-refractivity contribution < 1.29 is 14.5 Å². The molecular weight excluding hydrogens is 396 g/mol. The van der Waals surface area contributed by atoms with Gasteiger partial charge >= 0.3 is 0 Å². The lowest BCUT2D eigenvalue weighted by molar-refractivity contribution is -0.401. The van der Waals surface area contributed by atoms with Gasteiger partial charge in [0.25, 0.3) is 0 Å². The lowest BCUT2D eigenvalue weighted by atomic mass is 9.77. The van der Waals surface area contributed by atoms with Crippen molar-refractivity contribution in [1.82, 2.24) is 4.57 Å². The third-order valence-electron chi connectivity index (χ3n) is 6.41. The van der Waals surface area contributed by atoms with E-state index in [0.717, 1.165) is 33.4 Å². The second-order valence-corrected chi connectivity index (χ2v) is 8.95. The molecular formula is C25H22ClN2O2+. The van der Waals surface area contributed by atoms with Crippen molar-refractivity contribution in [2.24, 2.45) is 7.05 Å². The second-order valence-electron chi connectivity index (χ2n) is 8.51. The predicted octanol–water partition coefficient (Wildman–Crippen LogP) is 5.32. The number of aryl methyl sites for hydroxylation is 1. The molecule has 1 aliphatic carbocycles. The van der Waals surface area contributed by atoms with Crippen LogP contribution in [-0.2, 0) is 17.3 Å². The highest BCUT2D eigenvalue weighted by molar-refractivity contribution is 6.41. The summed E-state index contributed by atoms with van der Waals surface area (Å²) in [5.74, 6) is -0.0726. The van der Waals surface area contributed by atoms with Gasteiger partial charge in [-0.2, -0.15) is 4.58 Å². The average Bonchev–Trinajstić information content (AvgIpc) is 3.12. The van der Waals surface area contributed by atoms with Gasteiger partial charge in [0.15, 0.2) is 5.71 Å². The molecule has 4 nitrogen and oxygen atoms in total. The van der Waals surface area contributed by atoms with Gasteiger partial charge in [0.05, 0.1) is 16.6 Å². The lowest BCUT2D eigenvalue weighted by Gasteiger charge is -2.22. The van der Waals surface area contributed by atoms with Gasteiger partial charge in [-0.25, -0.2) is 0 Å². The molecule has 1 N–H and O–H groups in total. The molecule has 2 heterocycles. The summed E-state index contributed by atoms with van der Waals surface area (Å²) in [5.41, 5.74) is 5.31. The first-order valence-corrected chi connectivity index (χ1v) is 10.2. The Labute approximate surface area is 180 Å². The van der Waals surface area contributed by atoms with Gasteiger partial charge in [0.1, 0.15) is 12.8 Å². The van der Waals surface area contributed by atoms with E-state index < -0.39 is 0 Å². The average molecular weight is 418 g/mol. The molecule has 1 aliphatic heterocycles. The zero-order valence-corrected chi connectivity index (χ0v) is 18.1. The quantitative estimate of drug-likeness (QED) is 0.453. The summed E-state index contributed by atoms with van der Waals surface area (Å²) in [7, 11) is 3.92. The third kappa shape index (κ3) is 2.40. The minimum Gasteiger partial charge on any atom is -0.506 e. The van der Waals surface area contributed by atoms with Crippen molar-refractivity contribution in [2.75, 3.05) is 7.05 Å². The van der Waals surface area contributed by atoms with Crippen molar-refractivity contribution >= 4 is 45.3 Å². The van der Waals surface area contributed by atoms with Gasteiger partial charge in [-0.3, -0.25) is 4.79 Å². The van der Waals surface area contributed by atoms with E-state index in [4.69, 9.17) is 11.6 Å². The van der Waals surface area contributed by atoms with E-state index in [0.29, 0.717) is 16.2 Å². The minimum absolute atomic E-state index is 0.0574. The Bertz CT molecular complexity index is 1370. The normalized spacial score (nSPS) is 19.1. The van der Waals surface area contributed by atoms with E-state index in [1.165, 1.54) is 0 Å². The largest absolute Gasteiger partial charge is 0.506 e. The Morgan fingerprint density at radius 1 is 1.17 bits per heavy atom. The van der Waals surface area contributed by atoms with Crippen LogP contribution in [0.15, 0.2) is 66.1 Å². The number of aromatic nitrogens is 1. The van der Waals surface area contributed by atoms with Crippen LogP contribution in [0, 0.1) is 0 Å². The van der Waals surface area contributed by atoms with Crippen molar-refractivity contribution in [2.45, 2.75) is 19.3 Å². The minimum atomic E-state index is -0.336. The van der Waals surface area contributed by atoms with Crippen LogP contribution in [-0.4, -0.2) is 32.8 Å². The maximum absolute atomic E-state index is 13.1.